The van der Waals surface area contributed by atoms with Crippen LogP contribution in [0.25, 0.3) is 22.3 Å². The SMILES string of the molecule is CCCCCC1CCC(CCCCc2ccc(-c3ccc(-c4ccc(OCCC)c(F)c4F)cc3)c(F)c2F)CO1. The molecule has 0 bridgehead atoms. The van der Waals surface area contributed by atoms with Crippen molar-refractivity contribution in [2.75, 3.05) is 13.2 Å². The third-order valence-corrected chi connectivity index (χ3v) is 8.08. The van der Waals surface area contributed by atoms with Crippen LogP contribution in [0.2, 0.25) is 0 Å². The van der Waals surface area contributed by atoms with Gasteiger partial charge in [0.1, 0.15) is 0 Å². The molecule has 0 aliphatic carbocycles. The summed E-state index contributed by atoms with van der Waals surface area (Å²) in [6, 6.07) is 12.4. The van der Waals surface area contributed by atoms with Gasteiger partial charge in [-0.15, -0.1) is 0 Å². The first-order valence-corrected chi connectivity index (χ1v) is 15.2. The molecule has 1 saturated heterocycles. The molecule has 4 rings (SSSR count). The van der Waals surface area contributed by atoms with Gasteiger partial charge in [-0.1, -0.05) is 75.9 Å². The topological polar surface area (TPSA) is 18.5 Å². The van der Waals surface area contributed by atoms with Gasteiger partial charge in [-0.3, -0.25) is 0 Å². The molecule has 0 amide bonds. The minimum absolute atomic E-state index is 0.0754. The van der Waals surface area contributed by atoms with Gasteiger partial charge in [0, 0.05) is 17.7 Å². The van der Waals surface area contributed by atoms with Gasteiger partial charge in [-0.05, 0) is 79.7 Å². The third kappa shape index (κ3) is 8.12. The van der Waals surface area contributed by atoms with E-state index < -0.39 is 23.3 Å². The molecule has 0 N–H and O–H groups in total. The summed E-state index contributed by atoms with van der Waals surface area (Å²) < 4.78 is 70.4. The highest BCUT2D eigenvalue weighted by Crippen LogP contribution is 2.33. The number of ether oxygens (including phenoxy) is 2. The Morgan fingerprint density at radius 3 is 1.98 bits per heavy atom. The van der Waals surface area contributed by atoms with E-state index in [1.165, 1.54) is 37.8 Å². The van der Waals surface area contributed by atoms with Gasteiger partial charge < -0.3 is 9.47 Å². The number of aryl methyl sites for hydroxylation is 1. The smallest absolute Gasteiger partial charge is 0.201 e. The minimum Gasteiger partial charge on any atom is -0.490 e. The summed E-state index contributed by atoms with van der Waals surface area (Å²) >= 11 is 0. The highest BCUT2D eigenvalue weighted by Gasteiger charge is 2.21. The molecule has 1 heterocycles. The van der Waals surface area contributed by atoms with Crippen LogP contribution in [0.5, 0.6) is 5.75 Å². The molecular weight excluding hydrogens is 528 g/mol. The Balaban J connectivity index is 1.31. The third-order valence-electron chi connectivity index (χ3n) is 8.08. The van der Waals surface area contributed by atoms with E-state index in [4.69, 9.17) is 9.47 Å². The maximum Gasteiger partial charge on any atom is 0.201 e. The van der Waals surface area contributed by atoms with Crippen molar-refractivity contribution in [3.8, 4) is 28.0 Å². The van der Waals surface area contributed by atoms with Crippen LogP contribution in [-0.4, -0.2) is 19.3 Å². The second kappa shape index (κ2) is 15.4. The van der Waals surface area contributed by atoms with Crippen LogP contribution in [0, 0.1) is 29.2 Å². The Labute approximate surface area is 242 Å². The second-order valence-corrected chi connectivity index (χ2v) is 11.2. The first-order chi connectivity index (χ1) is 19.9. The molecule has 1 aliphatic rings. The molecule has 6 heteroatoms. The summed E-state index contributed by atoms with van der Waals surface area (Å²) in [5.41, 5.74) is 1.49. The molecule has 2 nitrogen and oxygen atoms in total. The summed E-state index contributed by atoms with van der Waals surface area (Å²) in [6.07, 6.45) is 11.6. The molecule has 0 spiro atoms. The molecule has 0 saturated carbocycles. The van der Waals surface area contributed by atoms with Crippen LogP contribution < -0.4 is 4.74 Å². The summed E-state index contributed by atoms with van der Waals surface area (Å²) in [4.78, 5) is 0. The Morgan fingerprint density at radius 1 is 0.683 bits per heavy atom. The maximum atomic E-state index is 15.1. The Hall–Kier alpha value is -2.86. The number of hydrogen-bond donors (Lipinski definition) is 0. The van der Waals surface area contributed by atoms with Crippen molar-refractivity contribution in [1.82, 2.24) is 0 Å². The molecule has 3 aromatic carbocycles. The van der Waals surface area contributed by atoms with Crippen LogP contribution in [0.4, 0.5) is 17.6 Å². The first-order valence-electron chi connectivity index (χ1n) is 15.2. The number of halogens is 4. The summed E-state index contributed by atoms with van der Waals surface area (Å²) in [6.45, 7) is 5.20. The summed E-state index contributed by atoms with van der Waals surface area (Å²) in [7, 11) is 0. The summed E-state index contributed by atoms with van der Waals surface area (Å²) in [5.74, 6) is -3.32. The predicted octanol–water partition coefficient (Wildman–Crippen LogP) is 10.5. The van der Waals surface area contributed by atoms with E-state index in [2.05, 4.69) is 6.92 Å². The fourth-order valence-electron chi connectivity index (χ4n) is 5.60. The van der Waals surface area contributed by atoms with Crippen LogP contribution in [0.3, 0.4) is 0 Å². The van der Waals surface area contributed by atoms with Gasteiger partial charge in [0.05, 0.1) is 12.7 Å². The van der Waals surface area contributed by atoms with E-state index in [1.54, 1.807) is 36.4 Å². The lowest BCUT2D eigenvalue weighted by Crippen LogP contribution is -2.25. The van der Waals surface area contributed by atoms with E-state index in [0.717, 1.165) is 38.7 Å². The van der Waals surface area contributed by atoms with Crippen molar-refractivity contribution < 1.29 is 27.0 Å². The molecule has 2 atom stereocenters. The van der Waals surface area contributed by atoms with Crippen molar-refractivity contribution in [3.63, 3.8) is 0 Å². The van der Waals surface area contributed by atoms with Crippen molar-refractivity contribution in [2.24, 2.45) is 5.92 Å². The highest BCUT2D eigenvalue weighted by atomic mass is 19.2. The van der Waals surface area contributed by atoms with Gasteiger partial charge in [-0.25, -0.2) is 13.2 Å². The van der Waals surface area contributed by atoms with Crippen LogP contribution in [0.1, 0.15) is 83.6 Å². The summed E-state index contributed by atoms with van der Waals surface area (Å²) in [5, 5.41) is 0. The van der Waals surface area contributed by atoms with Crippen LogP contribution >= 0.6 is 0 Å². The molecule has 0 radical (unpaired) electrons. The number of benzene rings is 3. The van der Waals surface area contributed by atoms with Gasteiger partial charge in [0.25, 0.3) is 0 Å². The first kappa shape index (κ1) is 31.1. The van der Waals surface area contributed by atoms with E-state index in [-0.39, 0.29) is 16.9 Å². The minimum atomic E-state index is -1.04. The van der Waals surface area contributed by atoms with Crippen LogP contribution in [0.15, 0.2) is 48.5 Å². The normalized spacial score (nSPS) is 17.1. The lowest BCUT2D eigenvalue weighted by Gasteiger charge is -2.29. The monoisotopic (exact) mass is 570 g/mol. The Morgan fingerprint density at radius 2 is 1.34 bits per heavy atom. The average Bonchev–Trinajstić information content (AvgIpc) is 2.99. The molecule has 1 aliphatic heterocycles. The lowest BCUT2D eigenvalue weighted by atomic mass is 9.91. The molecule has 41 heavy (non-hydrogen) atoms. The van der Waals surface area contributed by atoms with E-state index in [1.807, 2.05) is 6.92 Å². The molecule has 3 aromatic rings. The fraction of sp³-hybridized carbons (Fsp3) is 0.486. The Bertz CT molecular complexity index is 1250. The molecule has 0 aromatic heterocycles. The van der Waals surface area contributed by atoms with Crippen molar-refractivity contribution >= 4 is 0 Å². The molecule has 1 fully saturated rings. The maximum absolute atomic E-state index is 15.1. The quantitative estimate of drug-likeness (QED) is 0.142. The average molecular weight is 571 g/mol. The highest BCUT2D eigenvalue weighted by molar-refractivity contribution is 5.71. The Kier molecular flexibility index (Phi) is 11.7. The number of rotatable bonds is 14. The van der Waals surface area contributed by atoms with Crippen molar-refractivity contribution in [1.29, 1.82) is 0 Å². The van der Waals surface area contributed by atoms with Crippen molar-refractivity contribution in [3.05, 3.63) is 77.4 Å². The zero-order valence-electron chi connectivity index (χ0n) is 24.3. The van der Waals surface area contributed by atoms with Crippen LogP contribution in [-0.2, 0) is 11.2 Å². The van der Waals surface area contributed by atoms with Gasteiger partial charge in [-0.2, -0.15) is 4.39 Å². The van der Waals surface area contributed by atoms with Gasteiger partial charge in [0.15, 0.2) is 23.2 Å². The van der Waals surface area contributed by atoms with E-state index >= 15 is 4.39 Å². The number of unbranched alkanes of at least 4 members (excludes halogenated alkanes) is 3. The molecule has 2 unspecified atom stereocenters. The largest absolute Gasteiger partial charge is 0.490 e. The lowest BCUT2D eigenvalue weighted by molar-refractivity contribution is -0.0232. The predicted molar refractivity (Wildman–Crippen MR) is 157 cm³/mol. The standard InChI is InChI=1S/C35H42F4O2/c1-3-5-6-11-28-18-12-24(23-41-28)9-7-8-10-27-17-19-29(33(37)32(27)36)25-13-15-26(16-14-25)30-20-21-31(40-22-4-2)35(39)34(30)38/h13-17,19-21,24,28H,3-12,18,22-23H2,1-2H3. The fourth-order valence-corrected chi connectivity index (χ4v) is 5.60. The second-order valence-electron chi connectivity index (χ2n) is 11.2. The van der Waals surface area contributed by atoms with E-state index in [0.29, 0.717) is 48.2 Å². The molecule has 222 valence electrons. The zero-order chi connectivity index (χ0) is 29.2. The zero-order valence-corrected chi connectivity index (χ0v) is 24.3. The van der Waals surface area contributed by atoms with Gasteiger partial charge in [0.2, 0.25) is 5.82 Å². The number of hydrogen-bond acceptors (Lipinski definition) is 2. The van der Waals surface area contributed by atoms with Crippen molar-refractivity contribution in [2.45, 2.75) is 90.6 Å². The van der Waals surface area contributed by atoms with E-state index in [9.17, 15) is 13.2 Å². The molecular formula is C35H42F4O2. The van der Waals surface area contributed by atoms with Gasteiger partial charge >= 0.3 is 0 Å².